The highest BCUT2D eigenvalue weighted by atomic mass is 79.9. The van der Waals surface area contributed by atoms with E-state index in [0.29, 0.717) is 70.5 Å². The molecule has 20 heteroatoms. The Labute approximate surface area is 490 Å². The first-order chi connectivity index (χ1) is 38.2. The molecule has 5 amide bonds. The summed E-state index contributed by atoms with van der Waals surface area (Å²) in [4.78, 5) is 108. The molecule has 0 radical (unpaired) electrons. The van der Waals surface area contributed by atoms with E-state index < -0.39 is 83.4 Å². The van der Waals surface area contributed by atoms with Crippen molar-refractivity contribution in [3.8, 4) is 0 Å². The zero-order valence-corrected chi connectivity index (χ0v) is 50.7. The Morgan fingerprint density at radius 2 is 1.72 bits per heavy atom. The number of rotatable bonds is 24. The number of nitrogens with two attached hydrogens (primary N) is 1. The molecule has 5 rings (SSSR count). The molecule has 18 nitrogen and oxygen atoms in total. The molecule has 0 aliphatic carbocycles. The van der Waals surface area contributed by atoms with Gasteiger partial charge in [-0.2, -0.15) is 0 Å². The summed E-state index contributed by atoms with van der Waals surface area (Å²) in [5.74, 6) is -3.28. The van der Waals surface area contributed by atoms with Gasteiger partial charge in [-0.05, 0) is 106 Å². The van der Waals surface area contributed by atoms with E-state index in [4.69, 9.17) is 36.3 Å². The molecule has 0 saturated carbocycles. The van der Waals surface area contributed by atoms with Gasteiger partial charge >= 0.3 is 18.1 Å². The molecule has 444 valence electrons. The van der Waals surface area contributed by atoms with Crippen LogP contribution < -0.4 is 26.6 Å². The van der Waals surface area contributed by atoms with Crippen LogP contribution in [-0.4, -0.2) is 120 Å². The van der Waals surface area contributed by atoms with Crippen molar-refractivity contribution in [2.45, 2.75) is 180 Å². The summed E-state index contributed by atoms with van der Waals surface area (Å²) in [6.45, 7) is 16.7. The van der Waals surface area contributed by atoms with Gasteiger partial charge in [0, 0.05) is 75.7 Å². The second-order valence-electron chi connectivity index (χ2n) is 22.7. The van der Waals surface area contributed by atoms with Crippen molar-refractivity contribution in [2.75, 3.05) is 36.2 Å². The lowest BCUT2D eigenvalue weighted by Crippen LogP contribution is -2.53. The van der Waals surface area contributed by atoms with E-state index in [2.05, 4.69) is 38.5 Å². The summed E-state index contributed by atoms with van der Waals surface area (Å²) in [5.41, 5.74) is 7.49. The van der Waals surface area contributed by atoms with Crippen molar-refractivity contribution in [2.24, 2.45) is 23.5 Å². The molecule has 3 aliphatic heterocycles. The van der Waals surface area contributed by atoms with Crippen LogP contribution in [0.4, 0.5) is 21.0 Å². The van der Waals surface area contributed by atoms with Crippen LogP contribution >= 0.6 is 27.5 Å². The fraction of sp³-hybridized carbons (Fsp3) is 0.574. The smallest absolute Gasteiger partial charge is 0.412 e. The zero-order valence-electron chi connectivity index (χ0n) is 48.4. The molecule has 0 spiro atoms. The lowest BCUT2D eigenvalue weighted by atomic mass is 9.78. The molecule has 2 aromatic rings. The maximum absolute atomic E-state index is 14.4. The minimum absolute atomic E-state index is 0.00492. The Morgan fingerprint density at radius 3 is 2.37 bits per heavy atom. The van der Waals surface area contributed by atoms with Crippen molar-refractivity contribution >= 4 is 86.2 Å². The van der Waals surface area contributed by atoms with E-state index in [-0.39, 0.29) is 74.8 Å². The number of Topliss-reactive ketones (excluding diaryl/α,β-unsaturated/α-hetero) is 3. The molecule has 0 aromatic heterocycles. The number of carbonyl (C=O) groups is 8. The van der Waals surface area contributed by atoms with Crippen LogP contribution in [-0.2, 0) is 60.6 Å². The van der Waals surface area contributed by atoms with Gasteiger partial charge < -0.3 is 45.3 Å². The summed E-state index contributed by atoms with van der Waals surface area (Å²) >= 11 is 10.1. The number of epoxide rings is 1. The first-order valence-electron chi connectivity index (χ1n) is 27.9. The van der Waals surface area contributed by atoms with Crippen LogP contribution in [0.1, 0.15) is 134 Å². The van der Waals surface area contributed by atoms with E-state index in [1.54, 1.807) is 51.2 Å². The third kappa shape index (κ3) is 18.6. The van der Waals surface area contributed by atoms with Crippen molar-refractivity contribution in [3.63, 3.8) is 0 Å². The number of methoxy groups -OCH3 is 1. The van der Waals surface area contributed by atoms with E-state index in [1.165, 1.54) is 12.0 Å². The number of allylic oxidation sites excluding steroid dienone is 4. The van der Waals surface area contributed by atoms with Gasteiger partial charge in [-0.1, -0.05) is 110 Å². The fourth-order valence-corrected chi connectivity index (χ4v) is 11.3. The van der Waals surface area contributed by atoms with Gasteiger partial charge in [-0.25, -0.2) is 9.59 Å². The number of nitrogens with zero attached hydrogens (tertiary/aromatic N) is 1. The van der Waals surface area contributed by atoms with E-state index in [1.807, 2.05) is 52.8 Å². The number of esters is 1. The highest BCUT2D eigenvalue weighted by molar-refractivity contribution is 9.09. The first kappa shape index (κ1) is 66.1. The average Bonchev–Trinajstić information content (AvgIpc) is 4.12. The topological polar surface area (TPSA) is 262 Å². The normalized spacial score (nSPS) is 24.8. The number of hydrogen-bond donors (Lipinski definition) is 5. The third-order valence-electron chi connectivity index (χ3n) is 15.8. The number of nitrogens with one attached hydrogen (secondary N) is 3. The Kier molecular flexibility index (Phi) is 24.5. The average molecular weight is 1210 g/mol. The van der Waals surface area contributed by atoms with Gasteiger partial charge in [0.2, 0.25) is 11.8 Å². The predicted molar refractivity (Wildman–Crippen MR) is 314 cm³/mol. The SMILES string of the molecule is C=C(CBr)C(=O)CCCCCCC(=O)C[C@H](C(=O)N[C@@H](CCCNC(N)=O)C(=O)Cc1ccc(NC(=O)O[C@H]2CC(=O)N(C)c3cc(cc(C)c3Cl)C/C(C)=C/C=C/[C@@H](OC)[C@]3(O)CC(=O)O[C@@H](C3)[C@@H](C)[C@@H]3O[C@@]23C)c(C)c1)C(C)C. The minimum Gasteiger partial charge on any atom is -0.462 e. The predicted octanol–water partition coefficient (Wildman–Crippen LogP) is 9.37. The van der Waals surface area contributed by atoms with E-state index in [0.717, 1.165) is 29.5 Å². The number of ketones is 3. The van der Waals surface area contributed by atoms with Crippen LogP contribution in [0.2, 0.25) is 5.02 Å². The number of aliphatic hydroxyl groups is 1. The van der Waals surface area contributed by atoms with Crippen molar-refractivity contribution in [1.29, 1.82) is 0 Å². The molecule has 6 N–H and O–H groups in total. The maximum Gasteiger partial charge on any atom is 0.412 e. The second-order valence-corrected chi connectivity index (χ2v) is 23.6. The molecule has 2 saturated heterocycles. The summed E-state index contributed by atoms with van der Waals surface area (Å²) in [7, 11) is 3.07. The molecule has 9 atom stereocenters. The van der Waals surface area contributed by atoms with Crippen LogP contribution in [0.5, 0.6) is 0 Å². The van der Waals surface area contributed by atoms with Crippen LogP contribution in [0, 0.1) is 31.6 Å². The number of fused-ring (bicyclic) bond motifs is 5. The van der Waals surface area contributed by atoms with E-state index >= 15 is 0 Å². The van der Waals surface area contributed by atoms with Gasteiger partial charge in [0.15, 0.2) is 11.6 Å². The third-order valence-corrected chi connectivity index (χ3v) is 17.0. The molecular formula is C61H83BrClN5O13. The largest absolute Gasteiger partial charge is 0.462 e. The Bertz CT molecular complexity index is 2730. The lowest BCUT2D eigenvalue weighted by Gasteiger charge is -2.41. The highest BCUT2D eigenvalue weighted by Gasteiger charge is 2.64. The zero-order chi connectivity index (χ0) is 59.9. The van der Waals surface area contributed by atoms with Gasteiger partial charge in [0.25, 0.3) is 0 Å². The summed E-state index contributed by atoms with van der Waals surface area (Å²) in [6.07, 6.45) is 4.80. The molecule has 2 aromatic carbocycles. The Hall–Kier alpha value is -5.73. The summed E-state index contributed by atoms with van der Waals surface area (Å²) in [6, 6.07) is 7.10. The second kappa shape index (κ2) is 30.0. The molecular weight excluding hydrogens is 1130 g/mol. The number of aryl methyl sites for hydroxylation is 2. The number of hydrogen-bond acceptors (Lipinski definition) is 13. The number of unbranched alkanes of at least 4 members (excludes halogenated alkanes) is 3. The molecule has 4 bridgehead atoms. The number of carbonyl (C=O) groups excluding carboxylic acids is 8. The standard InChI is InChI=1S/C61H83BrClN5O13/c1-35(2)44(30-43(69)18-13-11-12-14-20-48(70)39(6)34-62)57(74)66-46(19-16-24-65-58(64)75)49(71)29-41-22-23-45(37(4)26-41)67-59(76)80-52-31-53(72)68(9)47-28-42(27-38(5)55(47)63)25-36(3)17-15-21-51(78-10)61(77)32-50(79-54(73)33-61)40(7)56-60(52,8)81-56/h15,17,21-23,26-28,35,40,44,46,50-52,56,77H,6,11-14,16,18-20,24-25,29-34H2,1-5,7-10H3,(H,66,74)(H,67,76)(H3,64,65,75)/b21-15+,36-17+/t40-,44+,46+,50+,51-,52+,56+,60+,61-/m1/s1. The highest BCUT2D eigenvalue weighted by Crippen LogP contribution is 2.50. The summed E-state index contributed by atoms with van der Waals surface area (Å²) in [5, 5.41) is 21.0. The lowest BCUT2D eigenvalue weighted by molar-refractivity contribution is -0.187. The number of primary amides is 1. The number of anilines is 2. The van der Waals surface area contributed by atoms with Crippen LogP contribution in [0.25, 0.3) is 0 Å². The minimum atomic E-state index is -1.62. The molecule has 3 heterocycles. The number of amides is 5. The van der Waals surface area contributed by atoms with E-state index in [9.17, 15) is 43.5 Å². The monoisotopic (exact) mass is 1210 g/mol. The summed E-state index contributed by atoms with van der Waals surface area (Å²) < 4.78 is 24.1. The fourth-order valence-electron chi connectivity index (χ4n) is 10.8. The quantitative estimate of drug-likeness (QED) is 0.0216. The van der Waals surface area contributed by atoms with Gasteiger partial charge in [-0.15, -0.1) is 0 Å². The number of urea groups is 1. The molecule has 2 fully saturated rings. The molecule has 0 unspecified atom stereocenters. The van der Waals surface area contributed by atoms with Gasteiger partial charge in [0.1, 0.15) is 35.3 Å². The molecule has 81 heavy (non-hydrogen) atoms. The van der Waals surface area contributed by atoms with Gasteiger partial charge in [0.05, 0.1) is 35.7 Å². The van der Waals surface area contributed by atoms with Crippen molar-refractivity contribution in [1.82, 2.24) is 10.6 Å². The first-order valence-corrected chi connectivity index (χ1v) is 29.4. The Morgan fingerprint density at radius 1 is 1.01 bits per heavy atom. The number of ether oxygens (including phenoxy) is 4. The van der Waals surface area contributed by atoms with Gasteiger partial charge in [-0.3, -0.25) is 34.1 Å². The number of alkyl halides is 1. The van der Waals surface area contributed by atoms with Crippen molar-refractivity contribution < 1.29 is 62.4 Å². The number of halogens is 2. The maximum atomic E-state index is 14.4. The van der Waals surface area contributed by atoms with Crippen LogP contribution in [0.15, 0.2) is 66.3 Å². The van der Waals surface area contributed by atoms with Crippen molar-refractivity contribution in [3.05, 3.63) is 93.6 Å². The Balaban J connectivity index is 1.31. The molecule has 3 aliphatic rings. The van der Waals surface area contributed by atoms with Crippen LogP contribution in [0.3, 0.4) is 0 Å². The number of benzene rings is 2.